The fraction of sp³-hybridized carbons (Fsp3) is 0.417. The Labute approximate surface area is 99.4 Å². The number of methoxy groups -OCH3 is 1. The molecule has 0 spiro atoms. The van der Waals surface area contributed by atoms with E-state index < -0.39 is 5.82 Å². The molecule has 0 saturated heterocycles. The molecular formula is C12H16FNO3. The minimum absolute atomic E-state index is 0.00696. The topological polar surface area (TPSA) is 58.6 Å². The van der Waals surface area contributed by atoms with Gasteiger partial charge in [0.15, 0.2) is 11.6 Å². The molecule has 1 atom stereocenters. The number of hydrogen-bond acceptors (Lipinski definition) is 3. The van der Waals surface area contributed by atoms with E-state index in [1.54, 1.807) is 0 Å². The van der Waals surface area contributed by atoms with E-state index in [1.807, 2.05) is 6.92 Å². The molecule has 0 aliphatic heterocycles. The highest BCUT2D eigenvalue weighted by Gasteiger charge is 2.10. The van der Waals surface area contributed by atoms with Crippen molar-refractivity contribution in [3.05, 3.63) is 29.6 Å². The van der Waals surface area contributed by atoms with Crippen LogP contribution >= 0.6 is 0 Å². The van der Waals surface area contributed by atoms with E-state index in [-0.39, 0.29) is 24.2 Å². The van der Waals surface area contributed by atoms with Crippen molar-refractivity contribution in [3.63, 3.8) is 0 Å². The highest BCUT2D eigenvalue weighted by molar-refractivity contribution is 5.94. The number of benzene rings is 1. The molecule has 4 nitrogen and oxygen atoms in total. The Kier molecular flexibility index (Phi) is 4.90. The molecule has 5 heteroatoms. The maximum Gasteiger partial charge on any atom is 0.251 e. The number of hydrogen-bond donors (Lipinski definition) is 2. The predicted octanol–water partition coefficient (Wildman–Crippen LogP) is 1.19. The van der Waals surface area contributed by atoms with Crippen molar-refractivity contribution in [3.8, 4) is 5.75 Å². The molecule has 0 fully saturated rings. The Balaban J connectivity index is 2.69. The van der Waals surface area contributed by atoms with E-state index in [0.29, 0.717) is 12.1 Å². The van der Waals surface area contributed by atoms with Crippen LogP contribution in [0.1, 0.15) is 17.3 Å². The van der Waals surface area contributed by atoms with Crippen LogP contribution < -0.4 is 10.1 Å². The van der Waals surface area contributed by atoms with Crippen molar-refractivity contribution in [1.29, 1.82) is 0 Å². The van der Waals surface area contributed by atoms with Gasteiger partial charge in [-0.2, -0.15) is 0 Å². The second-order valence-electron chi connectivity index (χ2n) is 3.85. The summed E-state index contributed by atoms with van der Waals surface area (Å²) in [6.07, 6.45) is 0. The number of carbonyl (C=O) groups is 1. The molecule has 0 radical (unpaired) electrons. The quantitative estimate of drug-likeness (QED) is 0.814. The summed E-state index contributed by atoms with van der Waals surface area (Å²) in [4.78, 5) is 11.7. The van der Waals surface area contributed by atoms with Crippen molar-refractivity contribution in [2.75, 3.05) is 20.3 Å². The first-order chi connectivity index (χ1) is 8.08. The lowest BCUT2D eigenvalue weighted by Gasteiger charge is -2.10. The summed E-state index contributed by atoms with van der Waals surface area (Å²) < 4.78 is 17.9. The summed E-state index contributed by atoms with van der Waals surface area (Å²) in [7, 11) is 1.34. The van der Waals surface area contributed by atoms with Gasteiger partial charge in [0.1, 0.15) is 0 Å². The zero-order chi connectivity index (χ0) is 12.8. The zero-order valence-corrected chi connectivity index (χ0v) is 9.87. The number of rotatable bonds is 5. The fourth-order valence-electron chi connectivity index (χ4n) is 1.23. The van der Waals surface area contributed by atoms with Crippen LogP contribution in [0.3, 0.4) is 0 Å². The number of aliphatic hydroxyl groups is 1. The monoisotopic (exact) mass is 241 g/mol. The van der Waals surface area contributed by atoms with Gasteiger partial charge in [-0.3, -0.25) is 4.79 Å². The van der Waals surface area contributed by atoms with Gasteiger partial charge in [-0.15, -0.1) is 0 Å². The third-order valence-electron chi connectivity index (χ3n) is 2.34. The molecule has 2 N–H and O–H groups in total. The molecule has 0 heterocycles. The van der Waals surface area contributed by atoms with Crippen LogP contribution in [-0.4, -0.2) is 31.3 Å². The molecule has 94 valence electrons. The van der Waals surface area contributed by atoms with Gasteiger partial charge in [0, 0.05) is 18.7 Å². The average Bonchev–Trinajstić information content (AvgIpc) is 2.35. The minimum atomic E-state index is -0.507. The van der Waals surface area contributed by atoms with Gasteiger partial charge in [-0.1, -0.05) is 6.92 Å². The number of ether oxygens (including phenoxy) is 1. The normalized spacial score (nSPS) is 12.0. The fourth-order valence-corrected chi connectivity index (χ4v) is 1.23. The summed E-state index contributed by atoms with van der Waals surface area (Å²) >= 11 is 0. The first-order valence-electron chi connectivity index (χ1n) is 5.31. The number of amides is 1. The maximum absolute atomic E-state index is 13.1. The van der Waals surface area contributed by atoms with E-state index >= 15 is 0 Å². The largest absolute Gasteiger partial charge is 0.494 e. The summed E-state index contributed by atoms with van der Waals surface area (Å²) in [5.41, 5.74) is 0.327. The highest BCUT2D eigenvalue weighted by Crippen LogP contribution is 2.18. The third-order valence-corrected chi connectivity index (χ3v) is 2.34. The van der Waals surface area contributed by atoms with E-state index in [9.17, 15) is 9.18 Å². The van der Waals surface area contributed by atoms with E-state index in [4.69, 9.17) is 9.84 Å². The second kappa shape index (κ2) is 6.20. The summed E-state index contributed by atoms with van der Waals surface area (Å²) in [5, 5.41) is 11.5. The summed E-state index contributed by atoms with van der Waals surface area (Å²) in [6, 6.07) is 3.91. The predicted molar refractivity (Wildman–Crippen MR) is 61.5 cm³/mol. The van der Waals surface area contributed by atoms with Crippen LogP contribution in [0.15, 0.2) is 18.2 Å². The molecule has 1 rings (SSSR count). The van der Waals surface area contributed by atoms with E-state index in [2.05, 4.69) is 5.32 Å². The lowest BCUT2D eigenvalue weighted by atomic mass is 10.1. The van der Waals surface area contributed by atoms with E-state index in [1.165, 1.54) is 25.3 Å². The summed E-state index contributed by atoms with van der Waals surface area (Å²) in [5.74, 6) is -0.800. The smallest absolute Gasteiger partial charge is 0.251 e. The van der Waals surface area contributed by atoms with Crippen molar-refractivity contribution in [1.82, 2.24) is 5.32 Å². The number of halogens is 1. The Hall–Kier alpha value is -1.62. The molecule has 17 heavy (non-hydrogen) atoms. The molecule has 0 aliphatic rings. The van der Waals surface area contributed by atoms with Gasteiger partial charge >= 0.3 is 0 Å². The standard InChI is InChI=1S/C12H16FNO3/c1-8(7-15)6-14-12(16)9-3-4-10(13)11(5-9)17-2/h3-5,8,15H,6-7H2,1-2H3,(H,14,16). The van der Waals surface area contributed by atoms with Crippen molar-refractivity contribution in [2.24, 2.45) is 5.92 Å². The Bertz CT molecular complexity index is 395. The first kappa shape index (κ1) is 13.4. The Morgan fingerprint density at radius 1 is 1.59 bits per heavy atom. The van der Waals surface area contributed by atoms with Gasteiger partial charge in [0.25, 0.3) is 5.91 Å². The number of carbonyl (C=O) groups excluding carboxylic acids is 1. The van der Waals surface area contributed by atoms with Gasteiger partial charge in [-0.05, 0) is 24.1 Å². The minimum Gasteiger partial charge on any atom is -0.494 e. The molecule has 0 aromatic heterocycles. The molecule has 1 amide bonds. The summed E-state index contributed by atoms with van der Waals surface area (Å²) in [6.45, 7) is 2.19. The van der Waals surface area contributed by atoms with Gasteiger partial charge in [0.05, 0.1) is 7.11 Å². The van der Waals surface area contributed by atoms with Crippen molar-refractivity contribution >= 4 is 5.91 Å². The van der Waals surface area contributed by atoms with Crippen LogP contribution in [0.25, 0.3) is 0 Å². The molecule has 1 aromatic rings. The Morgan fingerprint density at radius 2 is 2.29 bits per heavy atom. The van der Waals surface area contributed by atoms with E-state index in [0.717, 1.165) is 0 Å². The Morgan fingerprint density at radius 3 is 2.88 bits per heavy atom. The molecule has 0 aliphatic carbocycles. The van der Waals surface area contributed by atoms with Gasteiger partial charge in [-0.25, -0.2) is 4.39 Å². The molecule has 1 aromatic carbocycles. The van der Waals surface area contributed by atoms with Crippen molar-refractivity contribution < 1.29 is 19.0 Å². The van der Waals surface area contributed by atoms with Gasteiger partial charge < -0.3 is 15.2 Å². The SMILES string of the molecule is COc1cc(C(=O)NCC(C)CO)ccc1F. The lowest BCUT2D eigenvalue weighted by Crippen LogP contribution is -2.29. The molecular weight excluding hydrogens is 225 g/mol. The lowest BCUT2D eigenvalue weighted by molar-refractivity contribution is 0.0942. The number of aliphatic hydroxyl groups excluding tert-OH is 1. The van der Waals surface area contributed by atoms with Gasteiger partial charge in [0.2, 0.25) is 0 Å². The van der Waals surface area contributed by atoms with Crippen molar-refractivity contribution in [2.45, 2.75) is 6.92 Å². The van der Waals surface area contributed by atoms with Crippen LogP contribution in [0.2, 0.25) is 0 Å². The van der Waals surface area contributed by atoms with Crippen LogP contribution in [0, 0.1) is 11.7 Å². The third kappa shape index (κ3) is 3.71. The average molecular weight is 241 g/mol. The second-order valence-corrected chi connectivity index (χ2v) is 3.85. The molecule has 0 saturated carbocycles. The maximum atomic E-state index is 13.1. The molecule has 1 unspecified atom stereocenters. The first-order valence-corrected chi connectivity index (χ1v) is 5.31. The van der Waals surface area contributed by atoms with Crippen LogP contribution in [0.4, 0.5) is 4.39 Å². The van der Waals surface area contributed by atoms with Crippen LogP contribution in [-0.2, 0) is 0 Å². The zero-order valence-electron chi connectivity index (χ0n) is 9.87. The molecule has 0 bridgehead atoms. The number of nitrogens with one attached hydrogen (secondary N) is 1. The van der Waals surface area contributed by atoms with Crippen LogP contribution in [0.5, 0.6) is 5.75 Å². The highest BCUT2D eigenvalue weighted by atomic mass is 19.1.